The molecule has 0 bridgehead atoms. The number of halogens is 1. The van der Waals surface area contributed by atoms with E-state index >= 15 is 0 Å². The molecule has 0 heterocycles. The van der Waals surface area contributed by atoms with Crippen LogP contribution in [-0.2, 0) is 6.42 Å². The number of hydrogen-bond donors (Lipinski definition) is 0. The Kier molecular flexibility index (Phi) is 6.00. The Hall–Kier alpha value is -0.300. The van der Waals surface area contributed by atoms with Crippen LogP contribution in [0.3, 0.4) is 0 Å². The molecule has 1 atom stereocenters. The smallest absolute Gasteiger partial charge is 0.00654 e. The Morgan fingerprint density at radius 1 is 1.00 bits per heavy atom. The molecule has 0 fully saturated rings. The van der Waals surface area contributed by atoms with Gasteiger partial charge < -0.3 is 0 Å². The van der Waals surface area contributed by atoms with E-state index in [4.69, 9.17) is 0 Å². The molecule has 0 amide bonds. The van der Waals surface area contributed by atoms with Gasteiger partial charge in [-0.2, -0.15) is 0 Å². The van der Waals surface area contributed by atoms with Crippen LogP contribution in [0.4, 0.5) is 0 Å². The monoisotopic (exact) mass is 268 g/mol. The standard InChI is InChI=1S/C14H21Br/c1-3-13(4-2)14(11-15)10-12-8-6-5-7-9-12/h5-9,13-14H,3-4,10-11H2,1-2H3. The third-order valence-electron chi connectivity index (χ3n) is 3.25. The summed E-state index contributed by atoms with van der Waals surface area (Å²) in [5.41, 5.74) is 1.47. The minimum absolute atomic E-state index is 0.780. The van der Waals surface area contributed by atoms with Crippen molar-refractivity contribution in [3.63, 3.8) is 0 Å². The van der Waals surface area contributed by atoms with Crippen molar-refractivity contribution >= 4 is 15.9 Å². The Balaban J connectivity index is 2.61. The lowest BCUT2D eigenvalue weighted by atomic mass is 9.85. The highest BCUT2D eigenvalue weighted by atomic mass is 79.9. The van der Waals surface area contributed by atoms with Crippen molar-refractivity contribution in [1.29, 1.82) is 0 Å². The van der Waals surface area contributed by atoms with Crippen LogP contribution in [0.2, 0.25) is 0 Å². The average Bonchev–Trinajstić information content (AvgIpc) is 2.30. The Bertz CT molecular complexity index is 251. The van der Waals surface area contributed by atoms with E-state index in [0.29, 0.717) is 0 Å². The summed E-state index contributed by atoms with van der Waals surface area (Å²) < 4.78 is 0. The maximum atomic E-state index is 3.66. The molecular weight excluding hydrogens is 248 g/mol. The fraction of sp³-hybridized carbons (Fsp3) is 0.571. The quantitative estimate of drug-likeness (QED) is 0.658. The van der Waals surface area contributed by atoms with Gasteiger partial charge in [-0.15, -0.1) is 0 Å². The molecule has 1 aromatic rings. The predicted molar refractivity (Wildman–Crippen MR) is 71.5 cm³/mol. The maximum Gasteiger partial charge on any atom is 0.00654 e. The van der Waals surface area contributed by atoms with Gasteiger partial charge in [-0.05, 0) is 23.8 Å². The summed E-state index contributed by atoms with van der Waals surface area (Å²) in [4.78, 5) is 0. The van der Waals surface area contributed by atoms with E-state index in [0.717, 1.165) is 17.2 Å². The van der Waals surface area contributed by atoms with Crippen molar-refractivity contribution in [2.45, 2.75) is 33.1 Å². The van der Waals surface area contributed by atoms with Crippen molar-refractivity contribution in [1.82, 2.24) is 0 Å². The molecule has 0 aliphatic heterocycles. The summed E-state index contributed by atoms with van der Waals surface area (Å²) in [5, 5.41) is 1.12. The predicted octanol–water partition coefficient (Wildman–Crippen LogP) is 4.68. The molecule has 0 aliphatic rings. The van der Waals surface area contributed by atoms with Crippen molar-refractivity contribution in [3.8, 4) is 0 Å². The van der Waals surface area contributed by atoms with Gasteiger partial charge in [0, 0.05) is 5.33 Å². The highest BCUT2D eigenvalue weighted by molar-refractivity contribution is 9.09. The van der Waals surface area contributed by atoms with Crippen LogP contribution in [-0.4, -0.2) is 5.33 Å². The summed E-state index contributed by atoms with van der Waals surface area (Å²) in [6.45, 7) is 4.60. The van der Waals surface area contributed by atoms with Crippen LogP contribution < -0.4 is 0 Å². The zero-order chi connectivity index (χ0) is 11.1. The average molecular weight is 269 g/mol. The topological polar surface area (TPSA) is 0 Å². The van der Waals surface area contributed by atoms with Gasteiger partial charge in [-0.25, -0.2) is 0 Å². The fourth-order valence-corrected chi connectivity index (χ4v) is 2.98. The van der Waals surface area contributed by atoms with Gasteiger partial charge in [0.05, 0.1) is 0 Å². The van der Waals surface area contributed by atoms with Crippen LogP contribution in [0, 0.1) is 11.8 Å². The van der Waals surface area contributed by atoms with Crippen molar-refractivity contribution in [2.24, 2.45) is 11.8 Å². The second-order valence-electron chi connectivity index (χ2n) is 4.18. The zero-order valence-electron chi connectivity index (χ0n) is 9.75. The molecule has 0 spiro atoms. The van der Waals surface area contributed by atoms with E-state index in [1.165, 1.54) is 24.8 Å². The molecule has 0 saturated heterocycles. The molecule has 84 valence electrons. The van der Waals surface area contributed by atoms with Crippen LogP contribution in [0.15, 0.2) is 30.3 Å². The number of hydrogen-bond acceptors (Lipinski definition) is 0. The van der Waals surface area contributed by atoms with Gasteiger partial charge in [0.1, 0.15) is 0 Å². The molecule has 0 N–H and O–H groups in total. The van der Waals surface area contributed by atoms with E-state index in [2.05, 4.69) is 60.1 Å². The molecule has 0 radical (unpaired) electrons. The fourth-order valence-electron chi connectivity index (χ4n) is 2.22. The molecule has 1 aromatic carbocycles. The highest BCUT2D eigenvalue weighted by Gasteiger charge is 2.17. The summed E-state index contributed by atoms with van der Waals surface area (Å²) in [6, 6.07) is 10.8. The van der Waals surface area contributed by atoms with Crippen LogP contribution in [0.25, 0.3) is 0 Å². The second-order valence-corrected chi connectivity index (χ2v) is 4.83. The summed E-state index contributed by atoms with van der Waals surface area (Å²) in [7, 11) is 0. The van der Waals surface area contributed by atoms with Gasteiger partial charge in [0.15, 0.2) is 0 Å². The third kappa shape index (κ3) is 3.98. The molecule has 1 rings (SSSR count). The SMILES string of the molecule is CCC(CC)C(CBr)Cc1ccccc1. The van der Waals surface area contributed by atoms with Crippen LogP contribution >= 0.6 is 15.9 Å². The van der Waals surface area contributed by atoms with E-state index in [9.17, 15) is 0 Å². The first kappa shape index (κ1) is 12.8. The molecular formula is C14H21Br. The molecule has 15 heavy (non-hydrogen) atoms. The summed E-state index contributed by atoms with van der Waals surface area (Å²) in [6.07, 6.45) is 3.79. The molecule has 0 aromatic heterocycles. The van der Waals surface area contributed by atoms with Gasteiger partial charge in [0.25, 0.3) is 0 Å². The molecule has 0 nitrogen and oxygen atoms in total. The second kappa shape index (κ2) is 7.05. The molecule has 1 unspecified atom stereocenters. The summed E-state index contributed by atoms with van der Waals surface area (Å²) >= 11 is 3.66. The number of rotatable bonds is 6. The lowest BCUT2D eigenvalue weighted by molar-refractivity contribution is 0.342. The summed E-state index contributed by atoms with van der Waals surface area (Å²) in [5.74, 6) is 1.63. The zero-order valence-corrected chi connectivity index (χ0v) is 11.3. The third-order valence-corrected chi connectivity index (χ3v) is 4.09. The van der Waals surface area contributed by atoms with E-state index < -0.39 is 0 Å². The van der Waals surface area contributed by atoms with Crippen molar-refractivity contribution in [3.05, 3.63) is 35.9 Å². The van der Waals surface area contributed by atoms with E-state index in [1.54, 1.807) is 0 Å². The lowest BCUT2D eigenvalue weighted by Gasteiger charge is -2.23. The van der Waals surface area contributed by atoms with Crippen molar-refractivity contribution in [2.75, 3.05) is 5.33 Å². The maximum absolute atomic E-state index is 3.66. The van der Waals surface area contributed by atoms with Gasteiger partial charge in [-0.1, -0.05) is 73.0 Å². The minimum Gasteiger partial charge on any atom is -0.0925 e. The van der Waals surface area contributed by atoms with E-state index in [-0.39, 0.29) is 0 Å². The largest absolute Gasteiger partial charge is 0.0925 e. The van der Waals surface area contributed by atoms with Gasteiger partial charge in [-0.3, -0.25) is 0 Å². The van der Waals surface area contributed by atoms with Gasteiger partial charge >= 0.3 is 0 Å². The number of benzene rings is 1. The Morgan fingerprint density at radius 2 is 1.60 bits per heavy atom. The molecule has 1 heteroatoms. The van der Waals surface area contributed by atoms with Crippen LogP contribution in [0.1, 0.15) is 32.3 Å². The normalized spacial score (nSPS) is 13.1. The molecule has 0 saturated carbocycles. The van der Waals surface area contributed by atoms with E-state index in [1.807, 2.05) is 0 Å². The number of alkyl halides is 1. The van der Waals surface area contributed by atoms with Crippen LogP contribution in [0.5, 0.6) is 0 Å². The lowest BCUT2D eigenvalue weighted by Crippen LogP contribution is -2.17. The minimum atomic E-state index is 0.780. The first-order chi connectivity index (χ1) is 7.31. The van der Waals surface area contributed by atoms with Crippen molar-refractivity contribution < 1.29 is 0 Å². The Morgan fingerprint density at radius 3 is 2.07 bits per heavy atom. The molecule has 0 aliphatic carbocycles. The highest BCUT2D eigenvalue weighted by Crippen LogP contribution is 2.25. The Labute approximate surface area is 102 Å². The first-order valence-electron chi connectivity index (χ1n) is 5.91. The van der Waals surface area contributed by atoms with Gasteiger partial charge in [0.2, 0.25) is 0 Å². The first-order valence-corrected chi connectivity index (χ1v) is 7.03.